The normalized spacial score (nSPS) is 13.5. The number of hydrogen-bond acceptors (Lipinski definition) is 6. The molecule has 0 fully saturated rings. The fraction of sp³-hybridized carbons (Fsp3) is 0.600. The van der Waals surface area contributed by atoms with Gasteiger partial charge in [-0.2, -0.15) is 0 Å². The van der Waals surface area contributed by atoms with Gasteiger partial charge in [-0.15, -0.1) is 0 Å². The third-order valence-corrected chi connectivity index (χ3v) is 5.20. The van der Waals surface area contributed by atoms with Crippen LogP contribution in [0.5, 0.6) is 0 Å². The van der Waals surface area contributed by atoms with Crippen molar-refractivity contribution in [2.45, 2.75) is 78.2 Å². The maximum atomic E-state index is 13.0. The van der Waals surface area contributed by atoms with Gasteiger partial charge in [-0.3, -0.25) is 9.59 Å². The Hall–Kier alpha value is -3.30. The van der Waals surface area contributed by atoms with Crippen molar-refractivity contribution in [2.24, 2.45) is 5.92 Å². The molecule has 35 heavy (non-hydrogen) atoms. The molecule has 0 radical (unpaired) electrons. The quantitative estimate of drug-likeness (QED) is 0.332. The van der Waals surface area contributed by atoms with Crippen LogP contribution in [0.3, 0.4) is 0 Å². The highest BCUT2D eigenvalue weighted by Gasteiger charge is 2.30. The third-order valence-electron chi connectivity index (χ3n) is 5.20. The molecule has 0 heterocycles. The SMILES string of the molecule is CC[C@H](C)[C@H](NC(=O)[C@H](CCCNC(=O)OCc1ccccc1)NC(=O)OC(C)(C)C)C(=O)NC. The van der Waals surface area contributed by atoms with Gasteiger partial charge in [0.15, 0.2) is 0 Å². The molecule has 4 N–H and O–H groups in total. The van der Waals surface area contributed by atoms with Crippen molar-refractivity contribution < 1.29 is 28.7 Å². The van der Waals surface area contributed by atoms with Gasteiger partial charge < -0.3 is 30.7 Å². The van der Waals surface area contributed by atoms with E-state index in [4.69, 9.17) is 9.47 Å². The Balaban J connectivity index is 2.69. The van der Waals surface area contributed by atoms with E-state index in [-0.39, 0.29) is 31.4 Å². The second-order valence-corrected chi connectivity index (χ2v) is 9.32. The number of rotatable bonds is 12. The number of benzene rings is 1. The lowest BCUT2D eigenvalue weighted by molar-refractivity contribution is -0.131. The number of alkyl carbamates (subject to hydrolysis) is 2. The smallest absolute Gasteiger partial charge is 0.408 e. The Bertz CT molecular complexity index is 825. The van der Waals surface area contributed by atoms with E-state index >= 15 is 0 Å². The van der Waals surface area contributed by atoms with Crippen LogP contribution in [0.4, 0.5) is 9.59 Å². The molecule has 10 heteroatoms. The highest BCUT2D eigenvalue weighted by molar-refractivity contribution is 5.91. The van der Waals surface area contributed by atoms with Crippen molar-refractivity contribution in [3.05, 3.63) is 35.9 Å². The molecule has 0 aliphatic rings. The molecule has 1 rings (SSSR count). The summed E-state index contributed by atoms with van der Waals surface area (Å²) in [4.78, 5) is 49.6. The lowest BCUT2D eigenvalue weighted by atomic mass is 9.97. The Labute approximate surface area is 207 Å². The molecule has 0 spiro atoms. The predicted molar refractivity (Wildman–Crippen MR) is 132 cm³/mol. The van der Waals surface area contributed by atoms with E-state index in [1.165, 1.54) is 7.05 Å². The third kappa shape index (κ3) is 12.1. The topological polar surface area (TPSA) is 135 Å². The first-order valence-electron chi connectivity index (χ1n) is 11.9. The summed E-state index contributed by atoms with van der Waals surface area (Å²) in [5, 5.41) is 10.5. The Morgan fingerprint density at radius 2 is 1.63 bits per heavy atom. The van der Waals surface area contributed by atoms with Crippen LogP contribution in [0.25, 0.3) is 0 Å². The van der Waals surface area contributed by atoms with Gasteiger partial charge in [0.25, 0.3) is 0 Å². The van der Waals surface area contributed by atoms with E-state index in [0.717, 1.165) is 5.56 Å². The number of nitrogens with one attached hydrogen (secondary N) is 4. The molecule has 0 saturated heterocycles. The number of carbonyl (C=O) groups excluding carboxylic acids is 4. The van der Waals surface area contributed by atoms with E-state index in [1.807, 2.05) is 44.2 Å². The molecule has 0 aliphatic heterocycles. The molecule has 10 nitrogen and oxygen atoms in total. The molecule has 1 aromatic rings. The van der Waals surface area contributed by atoms with Crippen molar-refractivity contribution in [1.82, 2.24) is 21.3 Å². The highest BCUT2D eigenvalue weighted by atomic mass is 16.6. The summed E-state index contributed by atoms with van der Waals surface area (Å²) in [6.45, 7) is 9.32. The monoisotopic (exact) mass is 492 g/mol. The van der Waals surface area contributed by atoms with Crippen molar-refractivity contribution in [3.8, 4) is 0 Å². The number of amides is 4. The molecule has 3 atom stereocenters. The average Bonchev–Trinajstić information content (AvgIpc) is 2.81. The van der Waals surface area contributed by atoms with E-state index in [0.29, 0.717) is 12.8 Å². The molecular weight excluding hydrogens is 452 g/mol. The van der Waals surface area contributed by atoms with Crippen molar-refractivity contribution in [3.63, 3.8) is 0 Å². The molecule has 0 saturated carbocycles. The minimum absolute atomic E-state index is 0.109. The first-order valence-corrected chi connectivity index (χ1v) is 11.9. The molecule has 0 aromatic heterocycles. The Morgan fingerprint density at radius 1 is 0.971 bits per heavy atom. The second kappa shape index (κ2) is 14.9. The van der Waals surface area contributed by atoms with Gasteiger partial charge in [-0.25, -0.2) is 9.59 Å². The van der Waals surface area contributed by atoms with Gasteiger partial charge >= 0.3 is 12.2 Å². The molecule has 0 aliphatic carbocycles. The first kappa shape index (κ1) is 29.7. The average molecular weight is 493 g/mol. The minimum Gasteiger partial charge on any atom is -0.445 e. The summed E-state index contributed by atoms with van der Waals surface area (Å²) in [6, 6.07) is 7.59. The summed E-state index contributed by atoms with van der Waals surface area (Å²) in [6.07, 6.45) is -0.0514. The minimum atomic E-state index is -0.955. The van der Waals surface area contributed by atoms with Gasteiger partial charge in [0.05, 0.1) is 0 Å². The Morgan fingerprint density at radius 3 is 2.20 bits per heavy atom. The van der Waals surface area contributed by atoms with Crippen LogP contribution in [0, 0.1) is 5.92 Å². The lowest BCUT2D eigenvalue weighted by Gasteiger charge is -2.27. The van der Waals surface area contributed by atoms with E-state index < -0.39 is 35.8 Å². The second-order valence-electron chi connectivity index (χ2n) is 9.32. The van der Waals surface area contributed by atoms with Crippen molar-refractivity contribution in [2.75, 3.05) is 13.6 Å². The maximum absolute atomic E-state index is 13.0. The summed E-state index contributed by atoms with van der Waals surface area (Å²) in [5.74, 6) is -0.926. The first-order chi connectivity index (χ1) is 16.5. The summed E-state index contributed by atoms with van der Waals surface area (Å²) >= 11 is 0. The zero-order valence-corrected chi connectivity index (χ0v) is 21.6. The number of carbonyl (C=O) groups is 4. The molecule has 4 amide bonds. The fourth-order valence-corrected chi connectivity index (χ4v) is 3.10. The predicted octanol–water partition coefficient (Wildman–Crippen LogP) is 2.86. The van der Waals surface area contributed by atoms with Gasteiger partial charge in [0.1, 0.15) is 24.3 Å². The molecular formula is C25H40N4O6. The molecule has 0 bridgehead atoms. The van der Waals surface area contributed by atoms with Gasteiger partial charge in [0.2, 0.25) is 11.8 Å². The van der Waals surface area contributed by atoms with Crippen LogP contribution in [-0.4, -0.2) is 55.3 Å². The maximum Gasteiger partial charge on any atom is 0.408 e. The van der Waals surface area contributed by atoms with Crippen LogP contribution < -0.4 is 21.3 Å². The Kier molecular flexibility index (Phi) is 12.6. The van der Waals surface area contributed by atoms with Gasteiger partial charge in [0, 0.05) is 13.6 Å². The van der Waals surface area contributed by atoms with E-state index in [1.54, 1.807) is 20.8 Å². The summed E-state index contributed by atoms with van der Waals surface area (Å²) in [7, 11) is 1.50. The fourth-order valence-electron chi connectivity index (χ4n) is 3.10. The van der Waals surface area contributed by atoms with Crippen molar-refractivity contribution >= 4 is 24.0 Å². The van der Waals surface area contributed by atoms with E-state index in [9.17, 15) is 19.2 Å². The van der Waals surface area contributed by atoms with Crippen molar-refractivity contribution in [1.29, 1.82) is 0 Å². The zero-order chi connectivity index (χ0) is 26.4. The number of likely N-dealkylation sites (N-methyl/N-ethyl adjacent to an activating group) is 1. The summed E-state index contributed by atoms with van der Waals surface area (Å²) < 4.78 is 10.4. The van der Waals surface area contributed by atoms with Crippen LogP contribution in [0.15, 0.2) is 30.3 Å². The van der Waals surface area contributed by atoms with Gasteiger partial charge in [-0.1, -0.05) is 50.6 Å². The van der Waals surface area contributed by atoms with Crippen LogP contribution in [0.2, 0.25) is 0 Å². The van der Waals surface area contributed by atoms with Crippen LogP contribution in [-0.2, 0) is 25.7 Å². The van der Waals surface area contributed by atoms with Crippen LogP contribution >= 0.6 is 0 Å². The number of hydrogen-bond donors (Lipinski definition) is 4. The summed E-state index contributed by atoms with van der Waals surface area (Å²) in [5.41, 5.74) is 0.129. The molecule has 1 aromatic carbocycles. The molecule has 0 unspecified atom stereocenters. The van der Waals surface area contributed by atoms with Crippen LogP contribution in [0.1, 0.15) is 59.4 Å². The standard InChI is InChI=1S/C25H40N4O6/c1-7-17(2)20(22(31)26-6)29-21(30)19(28-24(33)35-25(3,4)5)14-11-15-27-23(32)34-16-18-12-9-8-10-13-18/h8-10,12-13,17,19-20H,7,11,14-16H2,1-6H3,(H,26,31)(H,27,32)(H,28,33)(H,29,30)/t17-,19-,20-/m0/s1. The van der Waals surface area contributed by atoms with Gasteiger partial charge in [-0.05, 0) is 45.1 Å². The highest BCUT2D eigenvalue weighted by Crippen LogP contribution is 2.11. The number of ether oxygens (including phenoxy) is 2. The van der Waals surface area contributed by atoms with E-state index in [2.05, 4.69) is 21.3 Å². The lowest BCUT2D eigenvalue weighted by Crippen LogP contribution is -2.55. The largest absolute Gasteiger partial charge is 0.445 e. The molecule has 196 valence electrons. The zero-order valence-electron chi connectivity index (χ0n) is 21.6.